The Morgan fingerprint density at radius 3 is 1.58 bits per heavy atom. The molecule has 0 saturated heterocycles. The van der Waals surface area contributed by atoms with Gasteiger partial charge in [0.2, 0.25) is 11.8 Å². The van der Waals surface area contributed by atoms with Crippen LogP contribution in [0.15, 0.2) is 119 Å². The fraction of sp³-hybridized carbons (Fsp3) is 0.364. The predicted molar refractivity (Wildman–Crippen MR) is 351 cm³/mol. The maximum absolute atomic E-state index is 13.6. The highest BCUT2D eigenvalue weighted by molar-refractivity contribution is 8.29. The number of carbonyl (C=O) groups is 4. The zero-order chi connectivity index (χ0) is 60.6. The van der Waals surface area contributed by atoms with Crippen LogP contribution < -0.4 is 29.9 Å². The average Bonchev–Trinajstić information content (AvgIpc) is 2.77. The van der Waals surface area contributed by atoms with E-state index in [1.54, 1.807) is 17.2 Å². The quantitative estimate of drug-likeness (QED) is 0.0686. The number of phenols is 1. The Bertz CT molecular complexity index is 3580. The van der Waals surface area contributed by atoms with Crippen molar-refractivity contribution in [1.82, 2.24) is 0 Å². The molecule has 6 aromatic rings. The van der Waals surface area contributed by atoms with Crippen LogP contribution in [0.2, 0.25) is 0 Å². The summed E-state index contributed by atoms with van der Waals surface area (Å²) in [6.07, 6.45) is 13.4. The summed E-state index contributed by atoms with van der Waals surface area (Å²) in [6.45, 7) is 14.9. The molecule has 4 atom stereocenters. The van der Waals surface area contributed by atoms with Crippen molar-refractivity contribution in [3.8, 4) is 17.2 Å². The van der Waals surface area contributed by atoms with E-state index in [-0.39, 0.29) is 82.2 Å². The zero-order valence-corrected chi connectivity index (χ0v) is 52.8. The number of carbonyl (C=O) groups excluding carboxylic acids is 4. The molecule has 0 radical (unpaired) electrons. The maximum atomic E-state index is 13.6. The third kappa shape index (κ3) is 14.9. The number of hydrogen-bond donors (Lipinski definition) is 4. The van der Waals surface area contributed by atoms with Crippen molar-refractivity contribution in [2.24, 2.45) is 9.98 Å². The van der Waals surface area contributed by atoms with Crippen molar-refractivity contribution in [1.29, 1.82) is 0 Å². The number of amides is 4. The van der Waals surface area contributed by atoms with Gasteiger partial charge in [0, 0.05) is 82.5 Å². The molecule has 6 aromatic carbocycles. The summed E-state index contributed by atoms with van der Waals surface area (Å²) in [5, 5.41) is 25.1. The number of benzene rings is 6. The average molecular weight is 1210 g/mol. The van der Waals surface area contributed by atoms with E-state index in [0.29, 0.717) is 47.7 Å². The van der Waals surface area contributed by atoms with Crippen molar-refractivity contribution >= 4 is 111 Å². The van der Waals surface area contributed by atoms with Gasteiger partial charge in [-0.3, -0.25) is 39.0 Å². The van der Waals surface area contributed by atoms with Gasteiger partial charge in [0.05, 0.1) is 48.3 Å². The number of aryl methyl sites for hydroxylation is 3. The lowest BCUT2D eigenvalue weighted by molar-refractivity contribution is -0.117. The Kier molecular flexibility index (Phi) is 20.6. The molecule has 84 heavy (non-hydrogen) atoms. The number of nitrogens with zero attached hydrogens (tertiary/aromatic N) is 4. The standard InChI is InChI=1S/C33H37N3O3S2.C17H14N2O3.C16H25NO2S2/c1-6-22-14-23(16-25(15-22)35-31(37)11-12-33(3,4)41(5)40)20-39-30-18-28-27(13-21(30)2)32(38)36-26(19-34-28)17-24-9-7-8-10-29(24)36;1-22-16-7-12-13(8-15(16)20)18-9-11-6-10-4-2-3-5-14(10)19(11)17(12)21;1-5-12-8-13(11-18)10-14(9-12)17-15(19)6-7-16(2,3)21(4)20/h7-10,13-16,18-19,26H,6,11-12,17,20H2,1-5H3,(H,35,37);2-5,7-9,11,20H,6H2,1H3;8-10,18H,5-7,11H2,1-4H3,(H,17,19)/t26-,41?;11-;/m00./s1. The van der Waals surface area contributed by atoms with Crippen molar-refractivity contribution < 1.29 is 38.9 Å². The van der Waals surface area contributed by atoms with Crippen LogP contribution >= 0.6 is 0 Å². The fourth-order valence-electron chi connectivity index (χ4n) is 10.3. The molecule has 14 nitrogen and oxygen atoms in total. The van der Waals surface area contributed by atoms with Crippen LogP contribution in [0.4, 0.5) is 34.1 Å². The van der Waals surface area contributed by atoms with Crippen LogP contribution in [0.25, 0.3) is 0 Å². The highest BCUT2D eigenvalue weighted by atomic mass is 32.8. The molecule has 4 heterocycles. The first kappa shape index (κ1) is 63.1. The summed E-state index contributed by atoms with van der Waals surface area (Å²) in [7, 11) is 1.15. The van der Waals surface area contributed by atoms with E-state index in [1.165, 1.54) is 13.2 Å². The Hall–Kier alpha value is -6.96. The number of aliphatic hydroxyl groups excluding tert-OH is 1. The van der Waals surface area contributed by atoms with Crippen molar-refractivity contribution in [2.75, 3.05) is 40.1 Å². The van der Waals surface area contributed by atoms with E-state index in [2.05, 4.69) is 69.3 Å². The molecule has 10 rings (SSSR count). The van der Waals surface area contributed by atoms with E-state index < -0.39 is 0 Å². The molecule has 4 amide bonds. The normalized spacial score (nSPS) is 16.1. The Labute approximate surface area is 508 Å². The minimum Gasteiger partial charge on any atom is -0.504 e. The van der Waals surface area contributed by atoms with Gasteiger partial charge in [-0.15, -0.1) is 18.9 Å². The predicted octanol–water partition coefficient (Wildman–Crippen LogP) is 12.3. The lowest BCUT2D eigenvalue weighted by atomic mass is 10.1. The smallest absolute Gasteiger partial charge is 0.261 e. The van der Waals surface area contributed by atoms with Gasteiger partial charge in [0.25, 0.3) is 11.8 Å². The number of para-hydroxylation sites is 2. The number of methoxy groups -OCH3 is 1. The summed E-state index contributed by atoms with van der Waals surface area (Å²) in [5.41, 5.74) is 12.7. The molecule has 4 N–H and O–H groups in total. The number of aromatic hydroxyl groups is 1. The van der Waals surface area contributed by atoms with Crippen LogP contribution in [0.5, 0.6) is 17.2 Å². The molecule has 4 aliphatic heterocycles. The number of ether oxygens (including phenoxy) is 2. The number of rotatable bonds is 17. The molecular formula is C66H76N6O8S4. The molecule has 18 heteroatoms. The van der Waals surface area contributed by atoms with Gasteiger partial charge in [-0.2, -0.15) is 0 Å². The van der Waals surface area contributed by atoms with Crippen molar-refractivity contribution in [2.45, 2.75) is 135 Å². The van der Waals surface area contributed by atoms with Crippen LogP contribution in [0.3, 0.4) is 0 Å². The third-order valence-corrected chi connectivity index (χ3v) is 22.0. The van der Waals surface area contributed by atoms with Crippen LogP contribution in [0, 0.1) is 6.92 Å². The number of hydrogen-bond acceptors (Lipinski definition) is 12. The lowest BCUT2D eigenvalue weighted by Gasteiger charge is -2.24. The van der Waals surface area contributed by atoms with Crippen molar-refractivity contribution in [3.05, 3.63) is 159 Å². The van der Waals surface area contributed by atoms with Crippen LogP contribution in [0.1, 0.15) is 127 Å². The largest absolute Gasteiger partial charge is 0.504 e. The second kappa shape index (κ2) is 27.4. The van der Waals surface area contributed by atoms with Crippen molar-refractivity contribution in [3.63, 3.8) is 0 Å². The van der Waals surface area contributed by atoms with Gasteiger partial charge in [0.15, 0.2) is 11.5 Å². The summed E-state index contributed by atoms with van der Waals surface area (Å²) < 4.78 is 11.3. The second-order valence-corrected chi connectivity index (χ2v) is 29.7. The molecule has 4 aliphatic rings. The number of fused-ring (bicyclic) bond motifs is 8. The number of anilines is 4. The molecule has 0 spiro atoms. The summed E-state index contributed by atoms with van der Waals surface area (Å²) in [4.78, 5) is 64.1. The number of aliphatic imine (C=N–C) groups is 2. The minimum atomic E-state index is -0.178. The molecule has 0 aliphatic carbocycles. The molecule has 2 unspecified atom stereocenters. The van der Waals surface area contributed by atoms with Gasteiger partial charge in [-0.1, -0.05) is 112 Å². The van der Waals surface area contributed by atoms with Gasteiger partial charge in [-0.25, -0.2) is 0 Å². The fourth-order valence-corrected chi connectivity index (χ4v) is 11.5. The molecule has 0 aromatic heterocycles. The highest BCUT2D eigenvalue weighted by Gasteiger charge is 2.38. The van der Waals surface area contributed by atoms with Crippen LogP contribution in [-0.4, -0.2) is 87.5 Å². The monoisotopic (exact) mass is 1210 g/mol. The van der Waals surface area contributed by atoms with Gasteiger partial charge >= 0.3 is 0 Å². The molecule has 442 valence electrons. The third-order valence-electron chi connectivity index (χ3n) is 15.8. The number of aliphatic hydroxyl groups is 1. The first-order chi connectivity index (χ1) is 40.0. The Balaban J connectivity index is 0.000000180. The minimum absolute atomic E-state index is 0.000618. The summed E-state index contributed by atoms with van der Waals surface area (Å²) in [6, 6.07) is 34.3. The maximum Gasteiger partial charge on any atom is 0.261 e. The summed E-state index contributed by atoms with van der Waals surface area (Å²) in [5.74, 6) is 0.767. The number of phenolic OH excluding ortho intramolecular Hbond substituents is 1. The van der Waals surface area contributed by atoms with Crippen LogP contribution in [-0.2, 0) is 89.8 Å². The first-order valence-electron chi connectivity index (χ1n) is 28.3. The van der Waals surface area contributed by atoms with Gasteiger partial charge in [-0.05, 0) is 133 Å². The molecule has 0 fully saturated rings. The molecule has 0 bridgehead atoms. The van der Waals surface area contributed by atoms with E-state index in [4.69, 9.17) is 36.8 Å². The first-order valence-corrected chi connectivity index (χ1v) is 33.4. The van der Waals surface area contributed by atoms with E-state index in [9.17, 15) is 29.4 Å². The highest BCUT2D eigenvalue weighted by Crippen LogP contribution is 2.42. The SMILES string of the molecule is CCc1cc(CO)cc(NC(=O)CCC(C)(C)S(C)=S)c1.CCc1cc(COc2cc3c(cc2C)C(=O)N2c4ccccc4C[C@H]2C=N3)cc(NC(=O)CCC(C)(C)S(C)=S)c1.COc1cc2c(cc1O)N=C[C@@H]1Cc3ccccc3N1C2=O. The zero-order valence-electron chi connectivity index (χ0n) is 49.5. The van der Waals surface area contributed by atoms with Gasteiger partial charge in [0.1, 0.15) is 12.4 Å². The van der Waals surface area contributed by atoms with E-state index in [1.807, 2.05) is 115 Å². The van der Waals surface area contributed by atoms with E-state index >= 15 is 0 Å². The molecule has 0 saturated carbocycles. The summed E-state index contributed by atoms with van der Waals surface area (Å²) >= 11 is 10.8. The topological polar surface area (TPSA) is 182 Å². The second-order valence-electron chi connectivity index (χ2n) is 22.6. The van der Waals surface area contributed by atoms with E-state index in [0.717, 1.165) is 100 Å². The molecular weight excluding hydrogens is 1130 g/mol. The Morgan fingerprint density at radius 1 is 0.655 bits per heavy atom. The number of nitrogens with one attached hydrogen (secondary N) is 2. The van der Waals surface area contributed by atoms with Gasteiger partial charge < -0.3 is 30.3 Å². The Morgan fingerprint density at radius 2 is 1.11 bits per heavy atom. The lowest BCUT2D eigenvalue weighted by Crippen LogP contribution is -2.37.